The minimum absolute atomic E-state index is 0.0954. The molecule has 0 saturated heterocycles. The molecule has 1 aromatic carbocycles. The molecule has 14 heavy (non-hydrogen) atoms. The maximum absolute atomic E-state index is 9.36. The summed E-state index contributed by atoms with van der Waals surface area (Å²) in [6.45, 7) is 3.63. The lowest BCUT2D eigenvalue weighted by molar-refractivity contribution is 0.372. The van der Waals surface area contributed by atoms with E-state index in [0.717, 1.165) is 5.56 Å². The van der Waals surface area contributed by atoms with E-state index in [-0.39, 0.29) is 11.8 Å². The van der Waals surface area contributed by atoms with Gasteiger partial charge in [-0.2, -0.15) is 0 Å². The number of rotatable bonds is 4. The second-order valence-electron chi connectivity index (χ2n) is 3.06. The Morgan fingerprint density at radius 3 is 2.93 bits per heavy atom. The number of hydrogen-bond acceptors (Lipinski definition) is 3. The molecule has 0 heterocycles. The van der Waals surface area contributed by atoms with Crippen LogP contribution in [0.4, 0.5) is 0 Å². The van der Waals surface area contributed by atoms with E-state index in [1.165, 1.54) is 7.11 Å². The van der Waals surface area contributed by atoms with Crippen LogP contribution in [0.1, 0.15) is 18.0 Å². The van der Waals surface area contributed by atoms with Crippen molar-refractivity contribution in [1.82, 2.24) is 0 Å². The van der Waals surface area contributed by atoms with E-state index in [2.05, 4.69) is 6.58 Å². The summed E-state index contributed by atoms with van der Waals surface area (Å²) in [5, 5.41) is 9.36. The van der Waals surface area contributed by atoms with Crippen molar-refractivity contribution in [3.63, 3.8) is 0 Å². The quantitative estimate of drug-likeness (QED) is 0.719. The second kappa shape index (κ2) is 4.67. The van der Waals surface area contributed by atoms with Crippen molar-refractivity contribution < 1.29 is 9.84 Å². The van der Waals surface area contributed by atoms with Gasteiger partial charge in [0, 0.05) is 6.04 Å². The van der Waals surface area contributed by atoms with Gasteiger partial charge in [-0.05, 0) is 24.1 Å². The van der Waals surface area contributed by atoms with Gasteiger partial charge in [0.1, 0.15) is 0 Å². The van der Waals surface area contributed by atoms with Gasteiger partial charge in [0.25, 0.3) is 0 Å². The highest BCUT2D eigenvalue weighted by atomic mass is 16.5. The SMILES string of the molecule is C=CCC(N)c1ccc(O)c(OC)c1. The predicted molar refractivity (Wildman–Crippen MR) is 56.4 cm³/mol. The number of ether oxygens (including phenoxy) is 1. The molecular formula is C11H15NO2. The number of hydrogen-bond donors (Lipinski definition) is 2. The third-order valence-corrected chi connectivity index (χ3v) is 2.05. The maximum atomic E-state index is 9.36. The van der Waals surface area contributed by atoms with Gasteiger partial charge in [-0.25, -0.2) is 0 Å². The van der Waals surface area contributed by atoms with Crippen molar-refractivity contribution in [3.8, 4) is 11.5 Å². The first kappa shape index (κ1) is 10.6. The highest BCUT2D eigenvalue weighted by molar-refractivity contribution is 5.42. The molecule has 1 aromatic rings. The van der Waals surface area contributed by atoms with E-state index in [0.29, 0.717) is 12.2 Å². The molecule has 3 nitrogen and oxygen atoms in total. The minimum Gasteiger partial charge on any atom is -0.504 e. The molecule has 0 saturated carbocycles. The fourth-order valence-corrected chi connectivity index (χ4v) is 1.24. The normalized spacial score (nSPS) is 12.1. The monoisotopic (exact) mass is 193 g/mol. The Morgan fingerprint density at radius 1 is 1.64 bits per heavy atom. The van der Waals surface area contributed by atoms with Crippen molar-refractivity contribution in [1.29, 1.82) is 0 Å². The first-order chi connectivity index (χ1) is 6.69. The van der Waals surface area contributed by atoms with Crippen molar-refractivity contribution in [3.05, 3.63) is 36.4 Å². The summed E-state index contributed by atoms with van der Waals surface area (Å²) in [7, 11) is 1.51. The van der Waals surface area contributed by atoms with E-state index in [1.807, 2.05) is 0 Å². The molecular weight excluding hydrogens is 178 g/mol. The molecule has 0 aliphatic rings. The van der Waals surface area contributed by atoms with Crippen LogP contribution in [-0.4, -0.2) is 12.2 Å². The summed E-state index contributed by atoms with van der Waals surface area (Å²) in [5.74, 6) is 0.573. The van der Waals surface area contributed by atoms with Crippen LogP contribution in [0.25, 0.3) is 0 Å². The zero-order valence-electron chi connectivity index (χ0n) is 8.23. The molecule has 0 fully saturated rings. The van der Waals surface area contributed by atoms with Crippen molar-refractivity contribution in [2.75, 3.05) is 7.11 Å². The average Bonchev–Trinajstić information content (AvgIpc) is 2.19. The molecule has 3 N–H and O–H groups in total. The van der Waals surface area contributed by atoms with Gasteiger partial charge in [0.15, 0.2) is 11.5 Å². The Hall–Kier alpha value is -1.48. The molecule has 76 valence electrons. The smallest absolute Gasteiger partial charge is 0.160 e. The van der Waals surface area contributed by atoms with Gasteiger partial charge in [-0.3, -0.25) is 0 Å². The second-order valence-corrected chi connectivity index (χ2v) is 3.06. The third kappa shape index (κ3) is 2.26. The Labute approximate surface area is 83.8 Å². The molecule has 1 unspecified atom stereocenters. The number of aromatic hydroxyl groups is 1. The highest BCUT2D eigenvalue weighted by Crippen LogP contribution is 2.29. The summed E-state index contributed by atoms with van der Waals surface area (Å²) in [6, 6.07) is 5.01. The van der Waals surface area contributed by atoms with Crippen molar-refractivity contribution >= 4 is 0 Å². The molecule has 3 heteroatoms. The van der Waals surface area contributed by atoms with Crippen molar-refractivity contribution in [2.45, 2.75) is 12.5 Å². The number of methoxy groups -OCH3 is 1. The molecule has 0 aromatic heterocycles. The Kier molecular flexibility index (Phi) is 3.54. The molecule has 0 radical (unpaired) electrons. The van der Waals surface area contributed by atoms with Crippen molar-refractivity contribution in [2.24, 2.45) is 5.73 Å². The molecule has 1 rings (SSSR count). The van der Waals surface area contributed by atoms with Crippen LogP contribution in [-0.2, 0) is 0 Å². The lowest BCUT2D eigenvalue weighted by atomic mass is 10.0. The predicted octanol–water partition coefficient (Wildman–Crippen LogP) is 1.98. The van der Waals surface area contributed by atoms with Crippen LogP contribution in [0, 0.1) is 0 Å². The van der Waals surface area contributed by atoms with Gasteiger partial charge in [0.2, 0.25) is 0 Å². The summed E-state index contributed by atoms with van der Waals surface area (Å²) in [4.78, 5) is 0. The summed E-state index contributed by atoms with van der Waals surface area (Å²) in [5.41, 5.74) is 6.80. The standard InChI is InChI=1S/C11H15NO2/c1-3-4-9(12)8-5-6-10(13)11(7-8)14-2/h3,5-7,9,13H,1,4,12H2,2H3. The molecule has 0 spiro atoms. The number of phenols is 1. The van der Waals surface area contributed by atoms with Gasteiger partial charge in [0.05, 0.1) is 7.11 Å². The van der Waals surface area contributed by atoms with Gasteiger partial charge in [-0.15, -0.1) is 6.58 Å². The number of phenolic OH excluding ortho intramolecular Hbond substituents is 1. The van der Waals surface area contributed by atoms with Crippen LogP contribution in [0.3, 0.4) is 0 Å². The topological polar surface area (TPSA) is 55.5 Å². The van der Waals surface area contributed by atoms with Gasteiger partial charge < -0.3 is 15.6 Å². The summed E-state index contributed by atoms with van der Waals surface area (Å²) in [6.07, 6.45) is 2.47. The van der Waals surface area contributed by atoms with Gasteiger partial charge in [-0.1, -0.05) is 12.1 Å². The highest BCUT2D eigenvalue weighted by Gasteiger charge is 2.07. The van der Waals surface area contributed by atoms with E-state index >= 15 is 0 Å². The van der Waals surface area contributed by atoms with Crippen LogP contribution >= 0.6 is 0 Å². The van der Waals surface area contributed by atoms with E-state index < -0.39 is 0 Å². The molecule has 0 aliphatic heterocycles. The zero-order chi connectivity index (χ0) is 10.6. The fraction of sp³-hybridized carbons (Fsp3) is 0.273. The molecule has 0 bridgehead atoms. The zero-order valence-corrected chi connectivity index (χ0v) is 8.23. The van der Waals surface area contributed by atoms with Crippen LogP contribution in [0.2, 0.25) is 0 Å². The van der Waals surface area contributed by atoms with E-state index in [1.54, 1.807) is 24.3 Å². The number of nitrogens with two attached hydrogens (primary N) is 1. The fourth-order valence-electron chi connectivity index (χ4n) is 1.24. The van der Waals surface area contributed by atoms with E-state index in [9.17, 15) is 5.11 Å². The Bertz CT molecular complexity index is 323. The summed E-state index contributed by atoms with van der Waals surface area (Å²) >= 11 is 0. The first-order valence-electron chi connectivity index (χ1n) is 4.42. The average molecular weight is 193 g/mol. The summed E-state index contributed by atoms with van der Waals surface area (Å²) < 4.78 is 4.98. The molecule has 0 aliphatic carbocycles. The van der Waals surface area contributed by atoms with Gasteiger partial charge >= 0.3 is 0 Å². The largest absolute Gasteiger partial charge is 0.504 e. The lowest BCUT2D eigenvalue weighted by Crippen LogP contribution is -2.08. The van der Waals surface area contributed by atoms with Crippen LogP contribution in [0.15, 0.2) is 30.9 Å². The molecule has 1 atom stereocenters. The van der Waals surface area contributed by atoms with E-state index in [4.69, 9.17) is 10.5 Å². The van der Waals surface area contributed by atoms with Crippen LogP contribution < -0.4 is 10.5 Å². The minimum atomic E-state index is -0.0954. The first-order valence-corrected chi connectivity index (χ1v) is 4.42. The molecule has 0 amide bonds. The number of benzene rings is 1. The maximum Gasteiger partial charge on any atom is 0.160 e. The Balaban J connectivity index is 2.93. The van der Waals surface area contributed by atoms with Crippen LogP contribution in [0.5, 0.6) is 11.5 Å². The lowest BCUT2D eigenvalue weighted by Gasteiger charge is -2.11. The Morgan fingerprint density at radius 2 is 2.36 bits per heavy atom. The third-order valence-electron chi connectivity index (χ3n) is 2.05.